The number of nitrogens with zero attached hydrogens (tertiary/aromatic N) is 1. The zero-order chi connectivity index (χ0) is 14.2. The third kappa shape index (κ3) is 4.12. The molecule has 0 aromatic heterocycles. The van der Waals surface area contributed by atoms with E-state index in [4.69, 9.17) is 4.74 Å². The van der Waals surface area contributed by atoms with Crippen molar-refractivity contribution in [2.45, 2.75) is 26.8 Å². The SMILES string of the molecule is CCNCc1ccc(N2CCCNCC2)c(OCC)c1. The minimum Gasteiger partial charge on any atom is -0.492 e. The van der Waals surface area contributed by atoms with Crippen molar-refractivity contribution in [3.8, 4) is 5.75 Å². The number of anilines is 1. The Balaban J connectivity index is 2.16. The highest BCUT2D eigenvalue weighted by molar-refractivity contribution is 5.60. The largest absolute Gasteiger partial charge is 0.492 e. The van der Waals surface area contributed by atoms with Crippen LogP contribution in [0.15, 0.2) is 18.2 Å². The molecule has 2 rings (SSSR count). The minimum atomic E-state index is 0.712. The standard InChI is InChI=1S/C16H27N3O/c1-3-17-13-14-6-7-15(16(12-14)20-4-2)19-10-5-8-18-9-11-19/h6-7,12,17-18H,3-5,8-11,13H2,1-2H3. The fourth-order valence-electron chi connectivity index (χ4n) is 2.56. The molecule has 0 atom stereocenters. The molecule has 1 aliphatic rings. The average Bonchev–Trinajstić information content (AvgIpc) is 2.75. The Morgan fingerprint density at radius 1 is 1.25 bits per heavy atom. The second-order valence-corrected chi connectivity index (χ2v) is 5.11. The van der Waals surface area contributed by atoms with E-state index in [0.717, 1.165) is 45.0 Å². The van der Waals surface area contributed by atoms with Crippen molar-refractivity contribution in [3.63, 3.8) is 0 Å². The van der Waals surface area contributed by atoms with Crippen LogP contribution in [0.25, 0.3) is 0 Å². The van der Waals surface area contributed by atoms with Gasteiger partial charge in [-0.15, -0.1) is 0 Å². The van der Waals surface area contributed by atoms with Crippen LogP contribution in [0.5, 0.6) is 5.75 Å². The van der Waals surface area contributed by atoms with Crippen LogP contribution in [-0.4, -0.2) is 39.3 Å². The Labute approximate surface area is 122 Å². The molecule has 0 bridgehead atoms. The molecule has 1 aromatic rings. The maximum absolute atomic E-state index is 5.86. The van der Waals surface area contributed by atoms with Gasteiger partial charge in [-0.1, -0.05) is 13.0 Å². The molecule has 4 heteroatoms. The van der Waals surface area contributed by atoms with E-state index in [0.29, 0.717) is 6.61 Å². The first-order valence-corrected chi connectivity index (χ1v) is 7.77. The summed E-state index contributed by atoms with van der Waals surface area (Å²) in [5.74, 6) is 1.02. The zero-order valence-electron chi connectivity index (χ0n) is 12.7. The summed E-state index contributed by atoms with van der Waals surface area (Å²) in [6.07, 6.45) is 1.19. The number of hydrogen-bond donors (Lipinski definition) is 2. The first kappa shape index (κ1) is 15.1. The van der Waals surface area contributed by atoms with Crippen molar-refractivity contribution in [2.75, 3.05) is 44.2 Å². The number of benzene rings is 1. The van der Waals surface area contributed by atoms with Gasteiger partial charge in [0.2, 0.25) is 0 Å². The number of hydrogen-bond acceptors (Lipinski definition) is 4. The second kappa shape index (κ2) is 8.12. The lowest BCUT2D eigenvalue weighted by Gasteiger charge is -2.25. The van der Waals surface area contributed by atoms with E-state index in [-0.39, 0.29) is 0 Å². The lowest BCUT2D eigenvalue weighted by Crippen LogP contribution is -2.28. The molecule has 1 aliphatic heterocycles. The summed E-state index contributed by atoms with van der Waals surface area (Å²) in [7, 11) is 0. The average molecular weight is 277 g/mol. The molecule has 1 fully saturated rings. The first-order valence-electron chi connectivity index (χ1n) is 7.77. The van der Waals surface area contributed by atoms with Crippen molar-refractivity contribution in [3.05, 3.63) is 23.8 Å². The molecule has 112 valence electrons. The molecule has 0 spiro atoms. The highest BCUT2D eigenvalue weighted by Crippen LogP contribution is 2.30. The van der Waals surface area contributed by atoms with E-state index in [1.807, 2.05) is 6.92 Å². The van der Waals surface area contributed by atoms with E-state index >= 15 is 0 Å². The van der Waals surface area contributed by atoms with Gasteiger partial charge in [-0.3, -0.25) is 0 Å². The van der Waals surface area contributed by atoms with Crippen molar-refractivity contribution in [1.82, 2.24) is 10.6 Å². The molecule has 1 heterocycles. The van der Waals surface area contributed by atoms with E-state index in [1.165, 1.54) is 17.7 Å². The third-order valence-corrected chi connectivity index (χ3v) is 3.58. The maximum Gasteiger partial charge on any atom is 0.142 e. The van der Waals surface area contributed by atoms with Gasteiger partial charge < -0.3 is 20.3 Å². The summed E-state index contributed by atoms with van der Waals surface area (Å²) in [5, 5.41) is 6.81. The van der Waals surface area contributed by atoms with Gasteiger partial charge in [-0.2, -0.15) is 0 Å². The summed E-state index contributed by atoms with van der Waals surface area (Å²) < 4.78 is 5.86. The smallest absolute Gasteiger partial charge is 0.142 e. The van der Waals surface area contributed by atoms with Gasteiger partial charge in [0.1, 0.15) is 5.75 Å². The van der Waals surface area contributed by atoms with Gasteiger partial charge in [-0.25, -0.2) is 0 Å². The lowest BCUT2D eigenvalue weighted by molar-refractivity contribution is 0.340. The Morgan fingerprint density at radius 3 is 2.95 bits per heavy atom. The predicted octanol–water partition coefficient (Wildman–Crippen LogP) is 1.99. The van der Waals surface area contributed by atoms with Gasteiger partial charge in [0, 0.05) is 26.2 Å². The van der Waals surface area contributed by atoms with Crippen LogP contribution in [0.2, 0.25) is 0 Å². The topological polar surface area (TPSA) is 36.5 Å². The predicted molar refractivity (Wildman–Crippen MR) is 84.7 cm³/mol. The number of nitrogens with one attached hydrogen (secondary N) is 2. The van der Waals surface area contributed by atoms with Crippen LogP contribution in [0, 0.1) is 0 Å². The second-order valence-electron chi connectivity index (χ2n) is 5.11. The molecule has 0 radical (unpaired) electrons. The lowest BCUT2D eigenvalue weighted by atomic mass is 10.1. The molecular formula is C16H27N3O. The molecule has 20 heavy (non-hydrogen) atoms. The minimum absolute atomic E-state index is 0.712. The number of ether oxygens (including phenoxy) is 1. The third-order valence-electron chi connectivity index (χ3n) is 3.58. The normalized spacial score (nSPS) is 16.0. The van der Waals surface area contributed by atoms with E-state index in [1.54, 1.807) is 0 Å². The van der Waals surface area contributed by atoms with Gasteiger partial charge in [0.15, 0.2) is 0 Å². The Hall–Kier alpha value is -1.26. The molecule has 4 nitrogen and oxygen atoms in total. The fraction of sp³-hybridized carbons (Fsp3) is 0.625. The number of rotatable bonds is 6. The van der Waals surface area contributed by atoms with E-state index < -0.39 is 0 Å². The molecule has 0 unspecified atom stereocenters. The zero-order valence-corrected chi connectivity index (χ0v) is 12.7. The van der Waals surface area contributed by atoms with Gasteiger partial charge in [0.05, 0.1) is 12.3 Å². The van der Waals surface area contributed by atoms with Crippen molar-refractivity contribution in [2.24, 2.45) is 0 Å². The van der Waals surface area contributed by atoms with Gasteiger partial charge in [0.25, 0.3) is 0 Å². The van der Waals surface area contributed by atoms with Crippen LogP contribution >= 0.6 is 0 Å². The van der Waals surface area contributed by atoms with Crippen LogP contribution in [-0.2, 0) is 6.54 Å². The molecular weight excluding hydrogens is 250 g/mol. The van der Waals surface area contributed by atoms with Crippen molar-refractivity contribution < 1.29 is 4.74 Å². The summed E-state index contributed by atoms with van der Waals surface area (Å²) >= 11 is 0. The molecule has 0 amide bonds. The van der Waals surface area contributed by atoms with Gasteiger partial charge in [-0.05, 0) is 44.1 Å². The Morgan fingerprint density at radius 2 is 2.15 bits per heavy atom. The highest BCUT2D eigenvalue weighted by Gasteiger charge is 2.14. The Bertz CT molecular complexity index is 401. The molecule has 2 N–H and O–H groups in total. The van der Waals surface area contributed by atoms with Crippen molar-refractivity contribution >= 4 is 5.69 Å². The summed E-state index contributed by atoms with van der Waals surface area (Å²) in [4.78, 5) is 2.43. The van der Waals surface area contributed by atoms with Gasteiger partial charge >= 0.3 is 0 Å². The molecule has 1 saturated heterocycles. The summed E-state index contributed by atoms with van der Waals surface area (Å²) in [6, 6.07) is 6.60. The molecule has 0 saturated carbocycles. The summed E-state index contributed by atoms with van der Waals surface area (Å²) in [6.45, 7) is 11.1. The quantitative estimate of drug-likeness (QED) is 0.834. The maximum atomic E-state index is 5.86. The molecule has 1 aromatic carbocycles. The van der Waals surface area contributed by atoms with Crippen LogP contribution < -0.4 is 20.3 Å². The Kier molecular flexibility index (Phi) is 6.15. The first-order chi connectivity index (χ1) is 9.85. The van der Waals surface area contributed by atoms with Crippen LogP contribution in [0.3, 0.4) is 0 Å². The molecule has 0 aliphatic carbocycles. The fourth-order valence-corrected chi connectivity index (χ4v) is 2.56. The summed E-state index contributed by atoms with van der Waals surface area (Å²) in [5.41, 5.74) is 2.52. The van der Waals surface area contributed by atoms with E-state index in [9.17, 15) is 0 Å². The van der Waals surface area contributed by atoms with Crippen LogP contribution in [0.4, 0.5) is 5.69 Å². The van der Waals surface area contributed by atoms with E-state index in [2.05, 4.69) is 40.7 Å². The van der Waals surface area contributed by atoms with Crippen LogP contribution in [0.1, 0.15) is 25.8 Å². The monoisotopic (exact) mass is 277 g/mol. The highest BCUT2D eigenvalue weighted by atomic mass is 16.5. The van der Waals surface area contributed by atoms with Crippen molar-refractivity contribution in [1.29, 1.82) is 0 Å².